The molecule has 0 aliphatic carbocycles. The Labute approximate surface area is 117 Å². The van der Waals surface area contributed by atoms with E-state index in [1.807, 2.05) is 37.3 Å². The molecule has 0 aliphatic rings. The minimum absolute atomic E-state index is 0.121. The summed E-state index contributed by atoms with van der Waals surface area (Å²) in [5.41, 5.74) is 9.07. The third-order valence-electron chi connectivity index (χ3n) is 3.06. The van der Waals surface area contributed by atoms with Crippen molar-refractivity contribution in [2.75, 3.05) is 17.2 Å². The van der Waals surface area contributed by atoms with E-state index in [4.69, 9.17) is 10.8 Å². The number of aliphatic carboxylic acids is 1. The van der Waals surface area contributed by atoms with Crippen molar-refractivity contribution < 1.29 is 9.90 Å². The van der Waals surface area contributed by atoms with Gasteiger partial charge in [-0.15, -0.1) is 0 Å². The number of aryl methyl sites for hydroxylation is 1. The molecule has 2 rings (SSSR count). The van der Waals surface area contributed by atoms with Gasteiger partial charge in [-0.25, -0.2) is 0 Å². The zero-order valence-corrected chi connectivity index (χ0v) is 11.3. The van der Waals surface area contributed by atoms with Gasteiger partial charge in [0.1, 0.15) is 6.54 Å². The highest BCUT2D eigenvalue weighted by Gasteiger charge is 2.15. The molecule has 0 amide bonds. The summed E-state index contributed by atoms with van der Waals surface area (Å²) in [6, 6.07) is 11.1. The first-order valence-electron chi connectivity index (χ1n) is 6.29. The molecule has 5 nitrogen and oxygen atoms in total. The van der Waals surface area contributed by atoms with Gasteiger partial charge >= 0.3 is 5.97 Å². The van der Waals surface area contributed by atoms with Gasteiger partial charge in [0, 0.05) is 6.20 Å². The number of rotatable bonds is 5. The van der Waals surface area contributed by atoms with E-state index in [0.29, 0.717) is 17.9 Å². The van der Waals surface area contributed by atoms with Crippen LogP contribution in [0.4, 0.5) is 11.4 Å². The molecule has 2 aromatic rings. The van der Waals surface area contributed by atoms with Crippen molar-refractivity contribution in [1.29, 1.82) is 0 Å². The van der Waals surface area contributed by atoms with Crippen LogP contribution in [0, 0.1) is 6.92 Å². The number of pyridine rings is 1. The third-order valence-corrected chi connectivity index (χ3v) is 3.06. The maximum atomic E-state index is 11.1. The lowest BCUT2D eigenvalue weighted by atomic mass is 10.2. The van der Waals surface area contributed by atoms with E-state index < -0.39 is 5.97 Å². The number of nitrogens with two attached hydrogens (primary N) is 1. The minimum Gasteiger partial charge on any atom is -0.480 e. The number of nitrogen functional groups attached to an aromatic ring is 1. The zero-order valence-electron chi connectivity index (χ0n) is 11.3. The maximum Gasteiger partial charge on any atom is 0.323 e. The predicted molar refractivity (Wildman–Crippen MR) is 78.5 cm³/mol. The summed E-state index contributed by atoms with van der Waals surface area (Å²) in [7, 11) is 0. The first-order valence-corrected chi connectivity index (χ1v) is 6.29. The third kappa shape index (κ3) is 3.26. The summed E-state index contributed by atoms with van der Waals surface area (Å²) in [4.78, 5) is 17.1. The van der Waals surface area contributed by atoms with Crippen molar-refractivity contribution in [2.45, 2.75) is 13.5 Å². The van der Waals surface area contributed by atoms with Crippen molar-refractivity contribution in [3.8, 4) is 0 Å². The molecule has 3 N–H and O–H groups in total. The summed E-state index contributed by atoms with van der Waals surface area (Å²) in [6.07, 6.45) is 1.70. The van der Waals surface area contributed by atoms with Gasteiger partial charge in [-0.1, -0.05) is 18.2 Å². The number of aromatic nitrogens is 1. The molecule has 0 saturated heterocycles. The molecule has 0 radical (unpaired) electrons. The fourth-order valence-corrected chi connectivity index (χ4v) is 2.03. The number of carbonyl (C=O) groups is 1. The highest BCUT2D eigenvalue weighted by Crippen LogP contribution is 2.24. The Kier molecular flexibility index (Phi) is 4.20. The molecule has 0 atom stereocenters. The van der Waals surface area contributed by atoms with Gasteiger partial charge in [0.25, 0.3) is 0 Å². The van der Waals surface area contributed by atoms with E-state index in [2.05, 4.69) is 4.98 Å². The second-order valence-electron chi connectivity index (χ2n) is 4.58. The Bertz CT molecular complexity index is 614. The molecule has 1 aromatic heterocycles. The number of hydrogen-bond acceptors (Lipinski definition) is 4. The Morgan fingerprint density at radius 2 is 2.05 bits per heavy atom. The van der Waals surface area contributed by atoms with Crippen LogP contribution in [0.2, 0.25) is 0 Å². The van der Waals surface area contributed by atoms with E-state index in [-0.39, 0.29) is 6.54 Å². The Hall–Kier alpha value is -2.56. The van der Waals surface area contributed by atoms with Crippen molar-refractivity contribution in [3.63, 3.8) is 0 Å². The Balaban J connectivity index is 2.32. The molecule has 5 heteroatoms. The van der Waals surface area contributed by atoms with Crippen LogP contribution in [-0.4, -0.2) is 22.6 Å². The highest BCUT2D eigenvalue weighted by molar-refractivity contribution is 5.77. The summed E-state index contributed by atoms with van der Waals surface area (Å²) in [6.45, 7) is 2.24. The average molecular weight is 271 g/mol. The van der Waals surface area contributed by atoms with Gasteiger partial charge in [0.2, 0.25) is 0 Å². The van der Waals surface area contributed by atoms with E-state index >= 15 is 0 Å². The lowest BCUT2D eigenvalue weighted by Crippen LogP contribution is -2.30. The van der Waals surface area contributed by atoms with Crippen molar-refractivity contribution in [2.24, 2.45) is 0 Å². The van der Waals surface area contributed by atoms with Crippen LogP contribution in [0.5, 0.6) is 0 Å². The van der Waals surface area contributed by atoms with Gasteiger partial charge in [-0.05, 0) is 30.7 Å². The number of anilines is 2. The number of carboxylic acids is 1. The second-order valence-corrected chi connectivity index (χ2v) is 4.58. The molecule has 1 aromatic carbocycles. The van der Waals surface area contributed by atoms with E-state index in [0.717, 1.165) is 11.3 Å². The van der Waals surface area contributed by atoms with Crippen LogP contribution < -0.4 is 10.6 Å². The molecular formula is C15H17N3O2. The first-order chi connectivity index (χ1) is 9.58. The van der Waals surface area contributed by atoms with Gasteiger partial charge < -0.3 is 15.7 Å². The molecule has 0 saturated carbocycles. The molecule has 0 fully saturated rings. The quantitative estimate of drug-likeness (QED) is 0.814. The first kappa shape index (κ1) is 13.9. The maximum absolute atomic E-state index is 11.1. The normalized spacial score (nSPS) is 10.2. The summed E-state index contributed by atoms with van der Waals surface area (Å²) >= 11 is 0. The molecule has 0 unspecified atom stereocenters. The number of nitrogens with zero attached hydrogens (tertiary/aromatic N) is 2. The standard InChI is InChI=1S/C15H17N3O2/c1-11-5-4-8-17-13(11)9-18(10-15(19)20)14-7-3-2-6-12(14)16/h2-8H,9-10,16H2,1H3,(H,19,20). The highest BCUT2D eigenvalue weighted by atomic mass is 16.4. The largest absolute Gasteiger partial charge is 0.480 e. The predicted octanol–water partition coefficient (Wildman–Crippen LogP) is 2.06. The molecule has 0 bridgehead atoms. The molecule has 1 heterocycles. The number of hydrogen-bond donors (Lipinski definition) is 2. The summed E-state index contributed by atoms with van der Waals surface area (Å²) in [5.74, 6) is -0.901. The molecular weight excluding hydrogens is 254 g/mol. The SMILES string of the molecule is Cc1cccnc1CN(CC(=O)O)c1ccccc1N. The van der Waals surface area contributed by atoms with Crippen LogP contribution in [0.1, 0.15) is 11.3 Å². The monoisotopic (exact) mass is 271 g/mol. The smallest absolute Gasteiger partial charge is 0.323 e. The fourth-order valence-electron chi connectivity index (χ4n) is 2.03. The number of carboxylic acid groups (broad SMARTS) is 1. The van der Waals surface area contributed by atoms with Gasteiger partial charge in [-0.3, -0.25) is 9.78 Å². The Morgan fingerprint density at radius 1 is 1.30 bits per heavy atom. The Morgan fingerprint density at radius 3 is 2.70 bits per heavy atom. The van der Waals surface area contributed by atoms with Gasteiger partial charge in [0.05, 0.1) is 23.6 Å². The lowest BCUT2D eigenvalue weighted by Gasteiger charge is -2.24. The average Bonchev–Trinajstić information content (AvgIpc) is 2.40. The van der Waals surface area contributed by atoms with Crippen LogP contribution in [0.25, 0.3) is 0 Å². The van der Waals surface area contributed by atoms with Crippen LogP contribution in [0.3, 0.4) is 0 Å². The van der Waals surface area contributed by atoms with Gasteiger partial charge in [0.15, 0.2) is 0 Å². The van der Waals surface area contributed by atoms with Crippen molar-refractivity contribution >= 4 is 17.3 Å². The summed E-state index contributed by atoms with van der Waals surface area (Å²) < 4.78 is 0. The number of para-hydroxylation sites is 2. The molecule has 20 heavy (non-hydrogen) atoms. The number of benzene rings is 1. The summed E-state index contributed by atoms with van der Waals surface area (Å²) in [5, 5.41) is 9.08. The van der Waals surface area contributed by atoms with E-state index in [9.17, 15) is 4.79 Å². The van der Waals surface area contributed by atoms with Crippen LogP contribution in [0.15, 0.2) is 42.6 Å². The van der Waals surface area contributed by atoms with E-state index in [1.54, 1.807) is 17.2 Å². The lowest BCUT2D eigenvalue weighted by molar-refractivity contribution is -0.135. The van der Waals surface area contributed by atoms with E-state index in [1.165, 1.54) is 0 Å². The second kappa shape index (κ2) is 6.06. The van der Waals surface area contributed by atoms with Crippen LogP contribution >= 0.6 is 0 Å². The topological polar surface area (TPSA) is 79.5 Å². The van der Waals surface area contributed by atoms with Crippen molar-refractivity contribution in [3.05, 3.63) is 53.9 Å². The fraction of sp³-hybridized carbons (Fsp3) is 0.200. The minimum atomic E-state index is -0.901. The van der Waals surface area contributed by atoms with Crippen molar-refractivity contribution in [1.82, 2.24) is 4.98 Å². The van der Waals surface area contributed by atoms with Gasteiger partial charge in [-0.2, -0.15) is 0 Å². The molecule has 0 aliphatic heterocycles. The molecule has 104 valence electrons. The zero-order chi connectivity index (χ0) is 14.5. The van der Waals surface area contributed by atoms with Crippen LogP contribution in [-0.2, 0) is 11.3 Å². The molecule has 0 spiro atoms.